The number of nitrogens with one attached hydrogen (secondary N) is 1. The van der Waals surface area contributed by atoms with Crippen molar-refractivity contribution >= 4 is 23.3 Å². The molecular formula is C27H22F3N5O4. The molecule has 2 aromatic carbocycles. The van der Waals surface area contributed by atoms with E-state index in [-0.39, 0.29) is 12.1 Å². The van der Waals surface area contributed by atoms with Gasteiger partial charge in [-0.3, -0.25) is 4.84 Å². The number of imidazole rings is 1. The van der Waals surface area contributed by atoms with E-state index in [0.717, 1.165) is 28.8 Å². The Morgan fingerprint density at radius 2 is 1.87 bits per heavy atom. The summed E-state index contributed by atoms with van der Waals surface area (Å²) in [5.74, 6) is -0.105. The number of terminal acetylenes is 1. The van der Waals surface area contributed by atoms with Crippen LogP contribution in [0.25, 0.3) is 16.9 Å². The van der Waals surface area contributed by atoms with Crippen molar-refractivity contribution < 1.29 is 32.7 Å². The molecule has 1 aliphatic rings. The Morgan fingerprint density at radius 3 is 2.54 bits per heavy atom. The summed E-state index contributed by atoms with van der Waals surface area (Å²) in [6.07, 6.45) is 3.08. The molecule has 1 aliphatic heterocycles. The number of amides is 2. The van der Waals surface area contributed by atoms with Gasteiger partial charge in [-0.15, -0.1) is 6.42 Å². The van der Waals surface area contributed by atoms with Crippen molar-refractivity contribution in [2.75, 3.05) is 11.9 Å². The number of fused-ring (bicyclic) bond motifs is 1. The molecule has 9 nitrogen and oxygen atoms in total. The molecule has 1 fully saturated rings. The topological polar surface area (TPSA) is 109 Å². The standard InChI is InChI=1S/C25H21N5O2.C2HF3O2/c1-3-21-24(29-23(28-21)10-7-14-26-29)20-16-19(12-11-17(20)2)27-25(31)30-22(13-15-32-30)18-8-5-4-6-9-18;3-2(4,5)1(6)7/h1,4-12,14,16,22H,13,15H2,2H3,(H,27,31);(H,6,7). The van der Waals surface area contributed by atoms with Crippen molar-refractivity contribution in [3.63, 3.8) is 0 Å². The first-order chi connectivity index (χ1) is 18.6. The highest BCUT2D eigenvalue weighted by molar-refractivity contribution is 5.90. The SMILES string of the molecule is C#Cc1nc2cccnn2c1-c1cc(NC(=O)N2OCCC2c2ccccc2)ccc1C.O=C(O)C(F)(F)F. The maximum absolute atomic E-state index is 13.0. The Kier molecular flexibility index (Phi) is 7.83. The number of carbonyl (C=O) groups is 2. The van der Waals surface area contributed by atoms with Gasteiger partial charge in [-0.05, 0) is 48.2 Å². The van der Waals surface area contributed by atoms with Gasteiger partial charge in [0.1, 0.15) is 11.4 Å². The zero-order valence-corrected chi connectivity index (χ0v) is 20.5. The lowest BCUT2D eigenvalue weighted by Gasteiger charge is -2.23. The number of carboxylic acid groups (broad SMARTS) is 1. The van der Waals surface area contributed by atoms with Crippen LogP contribution in [0.15, 0.2) is 66.9 Å². The number of aromatic nitrogens is 3. The molecule has 3 heterocycles. The van der Waals surface area contributed by atoms with Crippen LogP contribution in [0, 0.1) is 19.3 Å². The lowest BCUT2D eigenvalue weighted by atomic mass is 10.0. The van der Waals surface area contributed by atoms with E-state index in [4.69, 9.17) is 21.2 Å². The first kappa shape index (κ1) is 27.2. The van der Waals surface area contributed by atoms with Crippen molar-refractivity contribution in [1.29, 1.82) is 0 Å². The van der Waals surface area contributed by atoms with Gasteiger partial charge < -0.3 is 10.4 Å². The summed E-state index contributed by atoms with van der Waals surface area (Å²) in [7, 11) is 0. The van der Waals surface area contributed by atoms with E-state index in [1.165, 1.54) is 5.06 Å². The number of hydrogen-bond acceptors (Lipinski definition) is 5. The van der Waals surface area contributed by atoms with E-state index < -0.39 is 12.1 Å². The maximum Gasteiger partial charge on any atom is 0.490 e. The van der Waals surface area contributed by atoms with E-state index in [2.05, 4.69) is 21.3 Å². The Bertz CT molecular complexity index is 1550. The quantitative estimate of drug-likeness (QED) is 0.347. The van der Waals surface area contributed by atoms with Crippen molar-refractivity contribution in [2.45, 2.75) is 25.6 Å². The summed E-state index contributed by atoms with van der Waals surface area (Å²) >= 11 is 0. The number of anilines is 1. The second-order valence-corrected chi connectivity index (χ2v) is 8.38. The zero-order valence-electron chi connectivity index (χ0n) is 20.5. The van der Waals surface area contributed by atoms with Gasteiger partial charge >= 0.3 is 18.2 Å². The fourth-order valence-corrected chi connectivity index (χ4v) is 4.01. The number of nitrogens with zero attached hydrogens (tertiary/aromatic N) is 4. The highest BCUT2D eigenvalue weighted by Gasteiger charge is 2.38. The Labute approximate surface area is 220 Å². The number of carbonyl (C=O) groups excluding carboxylic acids is 1. The third-order valence-electron chi connectivity index (χ3n) is 5.81. The second kappa shape index (κ2) is 11.2. The van der Waals surface area contributed by atoms with Gasteiger partial charge in [-0.2, -0.15) is 23.3 Å². The van der Waals surface area contributed by atoms with Gasteiger partial charge in [0.25, 0.3) is 0 Å². The first-order valence-electron chi connectivity index (χ1n) is 11.6. The molecule has 0 spiro atoms. The average molecular weight is 537 g/mol. The number of benzene rings is 2. The lowest BCUT2D eigenvalue weighted by molar-refractivity contribution is -0.192. The number of urea groups is 1. The Morgan fingerprint density at radius 1 is 1.15 bits per heavy atom. The van der Waals surface area contributed by atoms with Gasteiger partial charge in [0.15, 0.2) is 5.65 Å². The first-order valence-corrected chi connectivity index (χ1v) is 11.6. The number of aliphatic carboxylic acids is 1. The molecule has 0 bridgehead atoms. The zero-order chi connectivity index (χ0) is 28.2. The van der Waals surface area contributed by atoms with Crippen LogP contribution in [0.2, 0.25) is 0 Å². The predicted molar refractivity (Wildman–Crippen MR) is 135 cm³/mol. The van der Waals surface area contributed by atoms with Gasteiger partial charge in [0, 0.05) is 23.9 Å². The smallest absolute Gasteiger partial charge is 0.475 e. The van der Waals surface area contributed by atoms with Crippen LogP contribution in [-0.4, -0.2) is 49.6 Å². The number of aryl methyl sites for hydroxylation is 1. The number of halogens is 3. The van der Waals surface area contributed by atoms with Crippen LogP contribution < -0.4 is 5.32 Å². The Hall–Kier alpha value is -4.89. The molecule has 2 N–H and O–H groups in total. The minimum absolute atomic E-state index is 0.128. The van der Waals surface area contributed by atoms with Crippen molar-refractivity contribution in [1.82, 2.24) is 19.7 Å². The van der Waals surface area contributed by atoms with Crippen LogP contribution >= 0.6 is 0 Å². The fraction of sp³-hybridized carbons (Fsp3) is 0.185. The molecule has 2 aromatic heterocycles. The number of alkyl halides is 3. The lowest BCUT2D eigenvalue weighted by Crippen LogP contribution is -2.33. The molecule has 2 amide bonds. The minimum atomic E-state index is -5.08. The van der Waals surface area contributed by atoms with Crippen molar-refractivity contribution in [3.8, 4) is 23.6 Å². The number of carboxylic acids is 1. The van der Waals surface area contributed by atoms with E-state index in [0.29, 0.717) is 23.6 Å². The van der Waals surface area contributed by atoms with Gasteiger partial charge in [0.2, 0.25) is 0 Å². The van der Waals surface area contributed by atoms with Crippen LogP contribution in [-0.2, 0) is 9.63 Å². The molecule has 0 aliphatic carbocycles. The number of rotatable bonds is 3. The molecule has 0 radical (unpaired) electrons. The summed E-state index contributed by atoms with van der Waals surface area (Å²) in [4.78, 5) is 32.1. The van der Waals surface area contributed by atoms with Gasteiger partial charge in [-0.25, -0.2) is 19.1 Å². The molecule has 0 saturated carbocycles. The van der Waals surface area contributed by atoms with Crippen molar-refractivity contribution in [3.05, 3.63) is 83.7 Å². The van der Waals surface area contributed by atoms with Gasteiger partial charge in [-0.1, -0.05) is 36.4 Å². The molecular weight excluding hydrogens is 515 g/mol. The van der Waals surface area contributed by atoms with Crippen LogP contribution in [0.4, 0.5) is 23.7 Å². The summed E-state index contributed by atoms with van der Waals surface area (Å²) in [6, 6.07) is 18.8. The summed E-state index contributed by atoms with van der Waals surface area (Å²) in [5.41, 5.74) is 5.40. The van der Waals surface area contributed by atoms with Crippen LogP contribution in [0.1, 0.15) is 29.3 Å². The minimum Gasteiger partial charge on any atom is -0.475 e. The highest BCUT2D eigenvalue weighted by atomic mass is 19.4. The summed E-state index contributed by atoms with van der Waals surface area (Å²) in [5, 5.41) is 15.9. The van der Waals surface area contributed by atoms with Crippen LogP contribution in [0.5, 0.6) is 0 Å². The van der Waals surface area contributed by atoms with Gasteiger partial charge in [0.05, 0.1) is 12.6 Å². The largest absolute Gasteiger partial charge is 0.490 e. The molecule has 39 heavy (non-hydrogen) atoms. The number of hydroxylamine groups is 2. The second-order valence-electron chi connectivity index (χ2n) is 8.38. The Balaban J connectivity index is 0.000000448. The molecule has 5 rings (SSSR count). The third-order valence-corrected chi connectivity index (χ3v) is 5.81. The molecule has 1 atom stereocenters. The van der Waals surface area contributed by atoms with E-state index >= 15 is 0 Å². The third kappa shape index (κ3) is 6.00. The maximum atomic E-state index is 13.0. The predicted octanol–water partition coefficient (Wildman–Crippen LogP) is 5.23. The number of hydrogen-bond donors (Lipinski definition) is 2. The summed E-state index contributed by atoms with van der Waals surface area (Å²) in [6.45, 7) is 2.48. The molecule has 4 aromatic rings. The van der Waals surface area contributed by atoms with Crippen LogP contribution in [0.3, 0.4) is 0 Å². The van der Waals surface area contributed by atoms with Crippen molar-refractivity contribution in [2.24, 2.45) is 0 Å². The fourth-order valence-electron chi connectivity index (χ4n) is 4.01. The molecule has 200 valence electrons. The molecule has 1 unspecified atom stereocenters. The normalized spacial score (nSPS) is 14.8. The molecule has 12 heteroatoms. The highest BCUT2D eigenvalue weighted by Crippen LogP contribution is 2.32. The summed E-state index contributed by atoms with van der Waals surface area (Å²) < 4.78 is 33.5. The average Bonchev–Trinajstić information content (AvgIpc) is 3.55. The van der Waals surface area contributed by atoms with E-state index in [1.807, 2.05) is 67.6 Å². The monoisotopic (exact) mass is 537 g/mol. The van der Waals surface area contributed by atoms with E-state index in [1.54, 1.807) is 10.7 Å². The van der Waals surface area contributed by atoms with E-state index in [9.17, 15) is 18.0 Å². The molecule has 1 saturated heterocycles.